The first-order valence-electron chi connectivity index (χ1n) is 6.76. The predicted molar refractivity (Wildman–Crippen MR) is 73.5 cm³/mol. The molecule has 1 fully saturated rings. The lowest BCUT2D eigenvalue weighted by molar-refractivity contribution is -0.116. The summed E-state index contributed by atoms with van der Waals surface area (Å²) in [4.78, 5) is 37.4. The standard InChI is InChI=1S/C15H14ClNO3/c16-13(18)9-4-3-5-10(8-9)17-14(19)11-6-1-2-7-12(11)15(17)20/h1-2,6-7,9-10H,3-5,8H2. The summed E-state index contributed by atoms with van der Waals surface area (Å²) in [6, 6.07) is 6.62. The van der Waals surface area contributed by atoms with Crippen LogP contribution in [0.2, 0.25) is 0 Å². The average Bonchev–Trinajstić information content (AvgIpc) is 2.72. The lowest BCUT2D eigenvalue weighted by atomic mass is 9.85. The molecule has 1 aliphatic heterocycles. The highest BCUT2D eigenvalue weighted by Crippen LogP contribution is 2.34. The SMILES string of the molecule is O=C(Cl)C1CCCC(N2C(=O)c3ccccc3C2=O)C1. The number of carbonyl (C=O) groups excluding carboxylic acids is 3. The average molecular weight is 292 g/mol. The zero-order valence-electron chi connectivity index (χ0n) is 10.8. The van der Waals surface area contributed by atoms with E-state index in [1.54, 1.807) is 24.3 Å². The van der Waals surface area contributed by atoms with E-state index < -0.39 is 0 Å². The van der Waals surface area contributed by atoms with E-state index in [0.29, 0.717) is 17.5 Å². The maximum absolute atomic E-state index is 12.4. The third-order valence-electron chi connectivity index (χ3n) is 4.16. The van der Waals surface area contributed by atoms with Gasteiger partial charge in [-0.15, -0.1) is 0 Å². The zero-order chi connectivity index (χ0) is 14.3. The normalized spacial score (nSPS) is 25.8. The van der Waals surface area contributed by atoms with E-state index in [1.807, 2.05) is 0 Å². The molecule has 0 bridgehead atoms. The molecule has 3 rings (SSSR count). The maximum Gasteiger partial charge on any atom is 0.261 e. The summed E-state index contributed by atoms with van der Waals surface area (Å²) in [5.41, 5.74) is 0.911. The van der Waals surface area contributed by atoms with Crippen LogP contribution in [0.3, 0.4) is 0 Å². The van der Waals surface area contributed by atoms with Crippen LogP contribution in [0.15, 0.2) is 24.3 Å². The first-order valence-corrected chi connectivity index (χ1v) is 7.13. The zero-order valence-corrected chi connectivity index (χ0v) is 11.6. The minimum Gasteiger partial charge on any atom is -0.281 e. The smallest absolute Gasteiger partial charge is 0.261 e. The predicted octanol–water partition coefficient (Wildman–Crippen LogP) is 2.61. The Labute approximate surface area is 121 Å². The molecule has 5 heteroatoms. The highest BCUT2D eigenvalue weighted by molar-refractivity contribution is 6.64. The highest BCUT2D eigenvalue weighted by atomic mass is 35.5. The molecule has 0 aromatic heterocycles. The molecular weight excluding hydrogens is 278 g/mol. The Hall–Kier alpha value is -1.68. The first kappa shape index (κ1) is 13.3. The molecule has 2 amide bonds. The fourth-order valence-electron chi connectivity index (χ4n) is 3.14. The lowest BCUT2D eigenvalue weighted by Gasteiger charge is -2.32. The molecule has 1 aromatic carbocycles. The summed E-state index contributed by atoms with van der Waals surface area (Å²) in [6.07, 6.45) is 2.77. The molecule has 4 nitrogen and oxygen atoms in total. The summed E-state index contributed by atoms with van der Waals surface area (Å²) in [6.45, 7) is 0. The van der Waals surface area contributed by atoms with Crippen molar-refractivity contribution in [1.82, 2.24) is 4.90 Å². The van der Waals surface area contributed by atoms with Crippen molar-refractivity contribution in [3.05, 3.63) is 35.4 Å². The molecule has 1 saturated carbocycles. The van der Waals surface area contributed by atoms with E-state index in [4.69, 9.17) is 11.6 Å². The number of benzene rings is 1. The van der Waals surface area contributed by atoms with Crippen LogP contribution in [-0.4, -0.2) is 28.0 Å². The van der Waals surface area contributed by atoms with Gasteiger partial charge >= 0.3 is 0 Å². The van der Waals surface area contributed by atoms with Crippen LogP contribution in [0, 0.1) is 5.92 Å². The van der Waals surface area contributed by atoms with E-state index in [-0.39, 0.29) is 29.0 Å². The van der Waals surface area contributed by atoms with Crippen LogP contribution in [0.1, 0.15) is 46.4 Å². The number of rotatable bonds is 2. The Morgan fingerprint density at radius 2 is 1.70 bits per heavy atom. The first-order chi connectivity index (χ1) is 9.59. The summed E-state index contributed by atoms with van der Waals surface area (Å²) in [7, 11) is 0. The quantitative estimate of drug-likeness (QED) is 0.622. The van der Waals surface area contributed by atoms with Gasteiger partial charge in [0.15, 0.2) is 0 Å². The number of imide groups is 1. The second kappa shape index (κ2) is 5.02. The molecule has 1 aliphatic carbocycles. The van der Waals surface area contributed by atoms with Crippen LogP contribution in [-0.2, 0) is 4.79 Å². The second-order valence-corrected chi connectivity index (χ2v) is 5.72. The minimum absolute atomic E-state index is 0.219. The van der Waals surface area contributed by atoms with E-state index in [9.17, 15) is 14.4 Å². The Bertz CT molecular complexity index is 564. The number of hydrogen-bond acceptors (Lipinski definition) is 3. The molecule has 20 heavy (non-hydrogen) atoms. The fraction of sp³-hybridized carbons (Fsp3) is 0.400. The molecule has 2 unspecified atom stereocenters. The Morgan fingerprint density at radius 1 is 1.10 bits per heavy atom. The second-order valence-electron chi connectivity index (χ2n) is 5.35. The van der Waals surface area contributed by atoms with Crippen LogP contribution < -0.4 is 0 Å². The highest BCUT2D eigenvalue weighted by Gasteiger charge is 2.41. The largest absolute Gasteiger partial charge is 0.281 e. The third-order valence-corrected chi connectivity index (χ3v) is 4.47. The molecule has 2 atom stereocenters. The molecule has 1 heterocycles. The monoisotopic (exact) mass is 291 g/mol. The summed E-state index contributed by atoms with van der Waals surface area (Å²) < 4.78 is 0. The van der Waals surface area contributed by atoms with Crippen molar-refractivity contribution in [2.45, 2.75) is 31.7 Å². The van der Waals surface area contributed by atoms with Crippen LogP contribution in [0.25, 0.3) is 0 Å². The van der Waals surface area contributed by atoms with Gasteiger partial charge in [0.05, 0.1) is 11.1 Å². The van der Waals surface area contributed by atoms with Gasteiger partial charge in [0.1, 0.15) is 0 Å². The van der Waals surface area contributed by atoms with E-state index in [2.05, 4.69) is 0 Å². The van der Waals surface area contributed by atoms with Gasteiger partial charge in [-0.3, -0.25) is 19.3 Å². The van der Waals surface area contributed by atoms with Crippen molar-refractivity contribution in [3.63, 3.8) is 0 Å². The van der Waals surface area contributed by atoms with E-state index in [0.717, 1.165) is 19.3 Å². The summed E-state index contributed by atoms with van der Waals surface area (Å²) in [5, 5.41) is -0.369. The van der Waals surface area contributed by atoms with Gasteiger partial charge in [-0.05, 0) is 43.0 Å². The summed E-state index contributed by atoms with van der Waals surface area (Å²) >= 11 is 5.56. The molecule has 0 N–H and O–H groups in total. The van der Waals surface area contributed by atoms with Crippen molar-refractivity contribution in [3.8, 4) is 0 Å². The van der Waals surface area contributed by atoms with Crippen molar-refractivity contribution in [2.75, 3.05) is 0 Å². The van der Waals surface area contributed by atoms with Gasteiger partial charge in [0.25, 0.3) is 11.8 Å². The molecule has 1 aromatic rings. The van der Waals surface area contributed by atoms with Crippen LogP contribution >= 0.6 is 11.6 Å². The number of hydrogen-bond donors (Lipinski definition) is 0. The molecule has 0 spiro atoms. The van der Waals surface area contributed by atoms with Crippen LogP contribution in [0.5, 0.6) is 0 Å². The van der Waals surface area contributed by atoms with Crippen molar-refractivity contribution < 1.29 is 14.4 Å². The molecular formula is C15H14ClNO3. The van der Waals surface area contributed by atoms with Gasteiger partial charge in [-0.25, -0.2) is 0 Å². The van der Waals surface area contributed by atoms with Crippen LogP contribution in [0.4, 0.5) is 0 Å². The van der Waals surface area contributed by atoms with Gasteiger partial charge in [-0.2, -0.15) is 0 Å². The third kappa shape index (κ3) is 2.04. The topological polar surface area (TPSA) is 54.5 Å². The van der Waals surface area contributed by atoms with E-state index >= 15 is 0 Å². The number of amides is 2. The number of nitrogens with zero attached hydrogens (tertiary/aromatic N) is 1. The molecule has 0 radical (unpaired) electrons. The number of fused-ring (bicyclic) bond motifs is 1. The minimum atomic E-state index is -0.369. The maximum atomic E-state index is 12.4. The van der Waals surface area contributed by atoms with Gasteiger partial charge in [0.2, 0.25) is 5.24 Å². The Morgan fingerprint density at radius 3 is 2.25 bits per heavy atom. The van der Waals surface area contributed by atoms with Crippen molar-refractivity contribution in [1.29, 1.82) is 0 Å². The lowest BCUT2D eigenvalue weighted by Crippen LogP contribution is -2.43. The van der Waals surface area contributed by atoms with Crippen molar-refractivity contribution >= 4 is 28.7 Å². The fourth-order valence-corrected chi connectivity index (χ4v) is 3.34. The number of carbonyl (C=O) groups is 3. The van der Waals surface area contributed by atoms with E-state index in [1.165, 1.54) is 4.90 Å². The molecule has 104 valence electrons. The number of halogens is 1. The molecule has 0 saturated heterocycles. The van der Waals surface area contributed by atoms with Crippen molar-refractivity contribution in [2.24, 2.45) is 5.92 Å². The van der Waals surface area contributed by atoms with Gasteiger partial charge in [0, 0.05) is 12.0 Å². The van der Waals surface area contributed by atoms with Gasteiger partial charge < -0.3 is 0 Å². The molecule has 2 aliphatic rings. The summed E-state index contributed by atoms with van der Waals surface area (Å²) in [5.74, 6) is -0.753. The van der Waals surface area contributed by atoms with Gasteiger partial charge in [-0.1, -0.05) is 18.6 Å². The Kier molecular flexibility index (Phi) is 3.34. The Balaban J connectivity index is 1.87.